The van der Waals surface area contributed by atoms with Crippen LogP contribution < -0.4 is 15.8 Å². The lowest BCUT2D eigenvalue weighted by Gasteiger charge is -2.13. The van der Waals surface area contributed by atoms with Gasteiger partial charge in [-0.3, -0.25) is 19.2 Å². The van der Waals surface area contributed by atoms with Crippen molar-refractivity contribution in [3.8, 4) is 5.75 Å². The molecule has 5 N–H and O–H groups in total. The summed E-state index contributed by atoms with van der Waals surface area (Å²) in [6, 6.07) is 12.6. The number of nitrogens with two attached hydrogens (primary N) is 1. The molecule has 0 fully saturated rings. The molecule has 3 aromatic rings. The number of carbonyl (C=O) groups is 5. The maximum absolute atomic E-state index is 12.7. The second-order valence-corrected chi connectivity index (χ2v) is 7.72. The number of ether oxygens (including phenoxy) is 1. The number of ketones is 1. The van der Waals surface area contributed by atoms with Crippen LogP contribution in [0, 0.1) is 6.92 Å². The zero-order chi connectivity index (χ0) is 25.7. The molecule has 0 aliphatic carbocycles. The number of amides is 2. The number of hydrogen-bond donors (Lipinski definition) is 4. The van der Waals surface area contributed by atoms with Crippen LogP contribution in [0.25, 0.3) is 10.9 Å². The summed E-state index contributed by atoms with van der Waals surface area (Å²) in [5, 5.41) is 20.3. The number of Topliss-reactive ketones (excluding diaryl/α,β-unsaturated/α-hetero) is 1. The van der Waals surface area contributed by atoms with Gasteiger partial charge in [-0.2, -0.15) is 0 Å². The molecule has 1 aromatic heterocycles. The lowest BCUT2D eigenvalue weighted by Crippen LogP contribution is -2.44. The molecule has 0 saturated carbocycles. The average Bonchev–Trinajstić information content (AvgIpc) is 3.08. The van der Waals surface area contributed by atoms with Gasteiger partial charge < -0.3 is 30.6 Å². The number of carboxylic acid groups (broad SMARTS) is 2. The first-order valence-corrected chi connectivity index (χ1v) is 10.5. The van der Waals surface area contributed by atoms with Gasteiger partial charge in [-0.1, -0.05) is 36.4 Å². The van der Waals surface area contributed by atoms with Gasteiger partial charge >= 0.3 is 11.9 Å². The lowest BCUT2D eigenvalue weighted by molar-refractivity contribution is -0.147. The van der Waals surface area contributed by atoms with E-state index in [4.69, 9.17) is 20.7 Å². The number of nitrogens with one attached hydrogen (secondary N) is 1. The molecular formula is C24H23N3O8. The maximum Gasteiger partial charge on any atom is 0.326 e. The monoisotopic (exact) mass is 481 g/mol. The topological polar surface area (TPSA) is 178 Å². The Hall–Kier alpha value is -4.67. The van der Waals surface area contributed by atoms with Crippen molar-refractivity contribution >= 4 is 40.4 Å². The van der Waals surface area contributed by atoms with Gasteiger partial charge in [-0.25, -0.2) is 4.79 Å². The number of fused-ring (bicyclic) bond motifs is 1. The van der Waals surface area contributed by atoms with Gasteiger partial charge in [-0.05, 0) is 24.6 Å². The third-order valence-electron chi connectivity index (χ3n) is 5.32. The first kappa shape index (κ1) is 25.0. The first-order chi connectivity index (χ1) is 16.6. The Balaban J connectivity index is 1.97. The van der Waals surface area contributed by atoms with Crippen LogP contribution >= 0.6 is 0 Å². The van der Waals surface area contributed by atoms with Crippen molar-refractivity contribution in [3.63, 3.8) is 0 Å². The van der Waals surface area contributed by atoms with Crippen molar-refractivity contribution in [2.24, 2.45) is 5.73 Å². The second-order valence-electron chi connectivity index (χ2n) is 7.72. The van der Waals surface area contributed by atoms with Crippen LogP contribution in [0.5, 0.6) is 5.75 Å². The largest absolute Gasteiger partial charge is 0.483 e. The van der Waals surface area contributed by atoms with Crippen LogP contribution in [0.2, 0.25) is 0 Å². The zero-order valence-electron chi connectivity index (χ0n) is 18.7. The quantitative estimate of drug-likeness (QED) is 0.232. The summed E-state index contributed by atoms with van der Waals surface area (Å²) in [6.07, 6.45) is -0.810. The Kier molecular flexibility index (Phi) is 7.49. The predicted molar refractivity (Wildman–Crippen MR) is 123 cm³/mol. The predicted octanol–water partition coefficient (Wildman–Crippen LogP) is 1.09. The molecule has 0 unspecified atom stereocenters. The Morgan fingerprint density at radius 2 is 1.71 bits per heavy atom. The zero-order valence-corrected chi connectivity index (χ0v) is 18.7. The van der Waals surface area contributed by atoms with E-state index in [0.29, 0.717) is 17.8 Å². The molecule has 0 aliphatic rings. The number of hydrogen-bond acceptors (Lipinski definition) is 6. The molecule has 1 atom stereocenters. The molecule has 1 heterocycles. The number of benzene rings is 2. The van der Waals surface area contributed by atoms with Crippen molar-refractivity contribution < 1.29 is 38.9 Å². The Labute approximate surface area is 199 Å². The van der Waals surface area contributed by atoms with E-state index in [1.54, 1.807) is 19.1 Å². The maximum atomic E-state index is 12.7. The number of aromatic nitrogens is 1. The number of aliphatic carboxylic acids is 2. The molecule has 0 bridgehead atoms. The number of carbonyl (C=O) groups excluding carboxylic acids is 3. The van der Waals surface area contributed by atoms with Crippen molar-refractivity contribution in [3.05, 3.63) is 65.4 Å². The number of carboxylic acids is 2. The third kappa shape index (κ3) is 5.64. The fourth-order valence-corrected chi connectivity index (χ4v) is 3.74. The second kappa shape index (κ2) is 10.5. The van der Waals surface area contributed by atoms with Gasteiger partial charge in [0.2, 0.25) is 0 Å². The van der Waals surface area contributed by atoms with Crippen LogP contribution in [-0.2, 0) is 25.7 Å². The summed E-state index contributed by atoms with van der Waals surface area (Å²) in [6.45, 7) is 1.39. The standard InChI is InChI=1S/C24H23N3O8/c1-13-20(22(31)23(25)32)21-16(27(13)11-14-6-3-2-4-7-14)8-5-9-17(21)35-12-18(28)26-15(24(33)34)10-19(29)30/h2-9,15H,10-12H2,1H3,(H2,25,32)(H,26,28)(H,29,30)(H,33,34)/t15-/m0/s1. The Bertz CT molecular complexity index is 1310. The molecule has 0 saturated heterocycles. The number of nitrogens with zero attached hydrogens (tertiary/aromatic N) is 1. The first-order valence-electron chi connectivity index (χ1n) is 10.5. The molecule has 2 amide bonds. The third-order valence-corrected chi connectivity index (χ3v) is 5.32. The van der Waals surface area contributed by atoms with E-state index in [9.17, 15) is 24.0 Å². The van der Waals surface area contributed by atoms with Crippen molar-refractivity contribution in [1.82, 2.24) is 9.88 Å². The van der Waals surface area contributed by atoms with E-state index in [2.05, 4.69) is 5.32 Å². The van der Waals surface area contributed by atoms with Crippen LogP contribution in [0.1, 0.15) is 28.0 Å². The van der Waals surface area contributed by atoms with Crippen LogP contribution in [0.3, 0.4) is 0 Å². The minimum atomic E-state index is -1.64. The lowest BCUT2D eigenvalue weighted by atomic mass is 10.1. The van der Waals surface area contributed by atoms with Gasteiger partial charge in [0, 0.05) is 12.2 Å². The normalized spacial score (nSPS) is 11.6. The highest BCUT2D eigenvalue weighted by Crippen LogP contribution is 2.34. The van der Waals surface area contributed by atoms with Crippen LogP contribution in [-0.4, -0.2) is 57.0 Å². The molecule has 35 heavy (non-hydrogen) atoms. The fourth-order valence-electron chi connectivity index (χ4n) is 3.74. The van der Waals surface area contributed by atoms with Gasteiger partial charge in [-0.15, -0.1) is 0 Å². The summed E-state index contributed by atoms with van der Waals surface area (Å²) in [7, 11) is 0. The van der Waals surface area contributed by atoms with Crippen LogP contribution in [0.15, 0.2) is 48.5 Å². The fraction of sp³-hybridized carbons (Fsp3) is 0.208. The number of rotatable bonds is 11. The summed E-state index contributed by atoms with van der Waals surface area (Å²) in [5.41, 5.74) is 7.29. The minimum absolute atomic E-state index is 0.0359. The van der Waals surface area contributed by atoms with E-state index < -0.39 is 48.6 Å². The summed E-state index contributed by atoms with van der Waals surface area (Å²) in [4.78, 5) is 58.7. The highest BCUT2D eigenvalue weighted by atomic mass is 16.5. The van der Waals surface area contributed by atoms with E-state index in [1.165, 1.54) is 6.07 Å². The smallest absolute Gasteiger partial charge is 0.326 e. The average molecular weight is 481 g/mol. The Morgan fingerprint density at radius 3 is 2.31 bits per heavy atom. The molecule has 0 aliphatic heterocycles. The molecule has 0 radical (unpaired) electrons. The van der Waals surface area contributed by atoms with Gasteiger partial charge in [0.1, 0.15) is 11.8 Å². The molecule has 11 nitrogen and oxygen atoms in total. The molecule has 3 rings (SSSR count). The van der Waals surface area contributed by atoms with Crippen molar-refractivity contribution in [2.45, 2.75) is 25.9 Å². The van der Waals surface area contributed by atoms with E-state index >= 15 is 0 Å². The SMILES string of the molecule is Cc1c(C(=O)C(N)=O)c2c(OCC(=O)N[C@@H](CC(=O)O)C(=O)O)cccc2n1Cc1ccccc1. The summed E-state index contributed by atoms with van der Waals surface area (Å²) < 4.78 is 7.41. The van der Waals surface area contributed by atoms with E-state index in [0.717, 1.165) is 5.56 Å². The van der Waals surface area contributed by atoms with Gasteiger partial charge in [0.05, 0.1) is 22.9 Å². The number of primary amides is 1. The molecular weight excluding hydrogens is 458 g/mol. The molecule has 182 valence electrons. The van der Waals surface area contributed by atoms with Gasteiger partial charge in [0.15, 0.2) is 6.61 Å². The van der Waals surface area contributed by atoms with Crippen molar-refractivity contribution in [1.29, 1.82) is 0 Å². The van der Waals surface area contributed by atoms with Gasteiger partial charge in [0.25, 0.3) is 17.6 Å². The Morgan fingerprint density at radius 1 is 1.03 bits per heavy atom. The highest BCUT2D eigenvalue weighted by Gasteiger charge is 2.27. The van der Waals surface area contributed by atoms with E-state index in [1.807, 2.05) is 34.9 Å². The summed E-state index contributed by atoms with van der Waals surface area (Å²) in [5.74, 6) is -5.76. The highest BCUT2D eigenvalue weighted by molar-refractivity contribution is 6.45. The molecule has 11 heteroatoms. The summed E-state index contributed by atoms with van der Waals surface area (Å²) >= 11 is 0. The molecule has 2 aromatic carbocycles. The molecule has 0 spiro atoms. The van der Waals surface area contributed by atoms with Crippen LogP contribution in [0.4, 0.5) is 0 Å². The minimum Gasteiger partial charge on any atom is -0.483 e. The van der Waals surface area contributed by atoms with E-state index in [-0.39, 0.29) is 16.7 Å². The van der Waals surface area contributed by atoms with Crippen molar-refractivity contribution in [2.75, 3.05) is 6.61 Å².